The van der Waals surface area contributed by atoms with Crippen molar-refractivity contribution in [1.82, 2.24) is 0 Å². The van der Waals surface area contributed by atoms with Crippen molar-refractivity contribution in [3.05, 3.63) is 56.4 Å². The third-order valence-corrected chi connectivity index (χ3v) is 4.77. The highest BCUT2D eigenvalue weighted by molar-refractivity contribution is 7.12. The lowest BCUT2D eigenvalue weighted by Crippen LogP contribution is -2.08. The molecule has 1 atom stereocenters. The van der Waals surface area contributed by atoms with E-state index in [0.29, 0.717) is 5.02 Å². The van der Waals surface area contributed by atoms with Crippen molar-refractivity contribution in [2.75, 3.05) is 0 Å². The maximum absolute atomic E-state index is 6.28. The summed E-state index contributed by atoms with van der Waals surface area (Å²) in [5.41, 5.74) is 8.38. The number of hydrogen-bond donors (Lipinski definition) is 1. The highest BCUT2D eigenvalue weighted by atomic mass is 35.5. The predicted octanol–water partition coefficient (Wildman–Crippen LogP) is 4.81. The molecule has 4 heteroatoms. The van der Waals surface area contributed by atoms with E-state index < -0.39 is 0 Å². The Bertz CT molecular complexity index is 724. The van der Waals surface area contributed by atoms with Gasteiger partial charge in [0.05, 0.1) is 6.04 Å². The Balaban J connectivity index is 2.03. The molecule has 0 aliphatic carbocycles. The van der Waals surface area contributed by atoms with Gasteiger partial charge in [-0.3, -0.25) is 0 Å². The summed E-state index contributed by atoms with van der Waals surface area (Å²) < 4.78 is 5.81. The summed E-state index contributed by atoms with van der Waals surface area (Å²) in [6.07, 6.45) is 0. The van der Waals surface area contributed by atoms with E-state index in [1.807, 2.05) is 24.3 Å². The Morgan fingerprint density at radius 1 is 1.21 bits per heavy atom. The van der Waals surface area contributed by atoms with Gasteiger partial charge in [-0.25, -0.2) is 0 Å². The zero-order chi connectivity index (χ0) is 13.6. The van der Waals surface area contributed by atoms with Crippen LogP contribution in [0.15, 0.2) is 34.7 Å². The molecule has 0 aliphatic heterocycles. The molecule has 1 aromatic carbocycles. The van der Waals surface area contributed by atoms with Gasteiger partial charge in [-0.15, -0.1) is 11.3 Å². The highest BCUT2D eigenvalue weighted by Crippen LogP contribution is 2.32. The molecular formula is C15H14ClNOS. The molecule has 0 radical (unpaired) electrons. The molecule has 2 aromatic heterocycles. The molecule has 0 spiro atoms. The second-order valence-corrected chi connectivity index (χ2v) is 6.42. The van der Waals surface area contributed by atoms with Crippen LogP contribution in [0.5, 0.6) is 0 Å². The van der Waals surface area contributed by atoms with Crippen LogP contribution in [0.2, 0.25) is 5.02 Å². The lowest BCUT2D eigenvalue weighted by molar-refractivity contribution is 0.528. The molecule has 2 nitrogen and oxygen atoms in total. The Labute approximate surface area is 120 Å². The van der Waals surface area contributed by atoms with Crippen LogP contribution < -0.4 is 5.73 Å². The van der Waals surface area contributed by atoms with Gasteiger partial charge in [0.1, 0.15) is 11.3 Å². The topological polar surface area (TPSA) is 39.2 Å². The molecule has 0 saturated carbocycles. The van der Waals surface area contributed by atoms with Gasteiger partial charge in [0.2, 0.25) is 0 Å². The van der Waals surface area contributed by atoms with Gasteiger partial charge in [0.25, 0.3) is 0 Å². The Morgan fingerprint density at radius 3 is 2.68 bits per heavy atom. The van der Waals surface area contributed by atoms with Crippen LogP contribution in [0.1, 0.15) is 27.1 Å². The van der Waals surface area contributed by atoms with Crippen molar-refractivity contribution in [2.45, 2.75) is 19.9 Å². The van der Waals surface area contributed by atoms with E-state index in [4.69, 9.17) is 21.8 Å². The first-order chi connectivity index (χ1) is 9.04. The number of furan rings is 1. The van der Waals surface area contributed by atoms with Crippen LogP contribution in [0, 0.1) is 13.8 Å². The number of rotatable bonds is 2. The summed E-state index contributed by atoms with van der Waals surface area (Å²) in [6.45, 7) is 4.20. The SMILES string of the molecule is Cc1cc(C(N)c2cc3cc(Cl)ccc3o2)sc1C. The average Bonchev–Trinajstić information content (AvgIpc) is 2.92. The first-order valence-corrected chi connectivity index (χ1v) is 7.25. The van der Waals surface area contributed by atoms with Gasteiger partial charge >= 0.3 is 0 Å². The quantitative estimate of drug-likeness (QED) is 0.736. The standard InChI is InChI=1S/C15H14ClNOS/c1-8-5-14(19-9(8)2)15(17)13-7-10-6-11(16)3-4-12(10)18-13/h3-7,15H,17H2,1-2H3. The van der Waals surface area contributed by atoms with Crippen LogP contribution in [0.25, 0.3) is 11.0 Å². The molecule has 2 N–H and O–H groups in total. The van der Waals surface area contributed by atoms with Crippen molar-refractivity contribution in [2.24, 2.45) is 5.73 Å². The summed E-state index contributed by atoms with van der Waals surface area (Å²) in [4.78, 5) is 2.42. The first-order valence-electron chi connectivity index (χ1n) is 6.06. The molecule has 19 heavy (non-hydrogen) atoms. The molecule has 3 rings (SSSR count). The Kier molecular flexibility index (Phi) is 3.13. The smallest absolute Gasteiger partial charge is 0.134 e. The zero-order valence-corrected chi connectivity index (χ0v) is 12.3. The third kappa shape index (κ3) is 2.29. The largest absolute Gasteiger partial charge is 0.459 e. The number of aryl methyl sites for hydroxylation is 2. The van der Waals surface area contributed by atoms with Crippen LogP contribution in [-0.2, 0) is 0 Å². The van der Waals surface area contributed by atoms with Crippen LogP contribution in [0.4, 0.5) is 0 Å². The molecule has 0 bridgehead atoms. The summed E-state index contributed by atoms with van der Waals surface area (Å²) >= 11 is 7.70. The molecule has 3 aromatic rings. The summed E-state index contributed by atoms with van der Waals surface area (Å²) in [7, 11) is 0. The van der Waals surface area contributed by atoms with E-state index in [2.05, 4.69) is 19.9 Å². The van der Waals surface area contributed by atoms with Crippen molar-refractivity contribution in [3.8, 4) is 0 Å². The molecule has 98 valence electrons. The van der Waals surface area contributed by atoms with Gasteiger partial charge in [0.15, 0.2) is 0 Å². The third-order valence-electron chi connectivity index (χ3n) is 3.30. The monoisotopic (exact) mass is 291 g/mol. The van der Waals surface area contributed by atoms with E-state index in [-0.39, 0.29) is 6.04 Å². The van der Waals surface area contributed by atoms with E-state index in [1.54, 1.807) is 11.3 Å². The van der Waals surface area contributed by atoms with Gasteiger partial charge in [0, 0.05) is 20.2 Å². The normalized spacial score (nSPS) is 13.1. The zero-order valence-electron chi connectivity index (χ0n) is 10.7. The predicted molar refractivity (Wildman–Crippen MR) is 81.0 cm³/mol. The lowest BCUT2D eigenvalue weighted by Gasteiger charge is -2.04. The first kappa shape index (κ1) is 12.7. The fourth-order valence-electron chi connectivity index (χ4n) is 2.08. The summed E-state index contributed by atoms with van der Waals surface area (Å²) in [5.74, 6) is 0.776. The van der Waals surface area contributed by atoms with Gasteiger partial charge in [-0.05, 0) is 49.7 Å². The number of benzene rings is 1. The minimum Gasteiger partial charge on any atom is -0.459 e. The second-order valence-electron chi connectivity index (χ2n) is 4.70. The van der Waals surface area contributed by atoms with Gasteiger partial charge in [-0.2, -0.15) is 0 Å². The van der Waals surface area contributed by atoms with E-state index in [0.717, 1.165) is 21.6 Å². The lowest BCUT2D eigenvalue weighted by atomic mass is 10.1. The second kappa shape index (κ2) is 4.67. The molecule has 1 unspecified atom stereocenters. The average molecular weight is 292 g/mol. The van der Waals surface area contributed by atoms with Crippen molar-refractivity contribution >= 4 is 33.9 Å². The fraction of sp³-hybridized carbons (Fsp3) is 0.200. The Hall–Kier alpha value is -1.29. The van der Waals surface area contributed by atoms with Crippen molar-refractivity contribution in [1.29, 1.82) is 0 Å². The Morgan fingerprint density at radius 2 is 2.00 bits per heavy atom. The van der Waals surface area contributed by atoms with Crippen LogP contribution in [-0.4, -0.2) is 0 Å². The van der Waals surface area contributed by atoms with Crippen molar-refractivity contribution < 1.29 is 4.42 Å². The van der Waals surface area contributed by atoms with Gasteiger partial charge < -0.3 is 10.2 Å². The molecule has 0 saturated heterocycles. The molecule has 0 fully saturated rings. The number of nitrogens with two attached hydrogens (primary N) is 1. The number of halogens is 1. The summed E-state index contributed by atoms with van der Waals surface area (Å²) in [6, 6.07) is 9.47. The number of thiophene rings is 1. The van der Waals surface area contributed by atoms with E-state index in [9.17, 15) is 0 Å². The maximum Gasteiger partial charge on any atom is 0.134 e. The summed E-state index contributed by atoms with van der Waals surface area (Å²) in [5, 5.41) is 1.69. The number of fused-ring (bicyclic) bond motifs is 1. The molecule has 0 aliphatic rings. The van der Waals surface area contributed by atoms with Crippen LogP contribution in [0.3, 0.4) is 0 Å². The van der Waals surface area contributed by atoms with Crippen LogP contribution >= 0.6 is 22.9 Å². The minimum atomic E-state index is -0.219. The molecular weight excluding hydrogens is 278 g/mol. The maximum atomic E-state index is 6.28. The highest BCUT2D eigenvalue weighted by Gasteiger charge is 2.17. The fourth-order valence-corrected chi connectivity index (χ4v) is 3.32. The van der Waals surface area contributed by atoms with E-state index in [1.165, 1.54) is 10.4 Å². The van der Waals surface area contributed by atoms with Gasteiger partial charge in [-0.1, -0.05) is 11.6 Å². The van der Waals surface area contributed by atoms with E-state index >= 15 is 0 Å². The molecule has 0 amide bonds. The minimum absolute atomic E-state index is 0.219. The molecule has 2 heterocycles. The van der Waals surface area contributed by atoms with Crippen molar-refractivity contribution in [3.63, 3.8) is 0 Å². The number of hydrogen-bond acceptors (Lipinski definition) is 3.